The Labute approximate surface area is 147 Å². The third-order valence-corrected chi connectivity index (χ3v) is 9.57. The van der Waals surface area contributed by atoms with E-state index in [0.29, 0.717) is 23.7 Å². The Morgan fingerprint density at radius 2 is 1.79 bits per heavy atom. The zero-order valence-corrected chi connectivity index (χ0v) is 16.7. The largest absolute Gasteiger partial charge is 0.500 e. The summed E-state index contributed by atoms with van der Waals surface area (Å²) in [6, 6.07) is 0.881. The third-order valence-electron chi connectivity index (χ3n) is 6.74. The van der Waals surface area contributed by atoms with Gasteiger partial charge in [0.25, 0.3) is 0 Å². The number of hydrogen-bond donors (Lipinski definition) is 0. The SMILES string of the molecule is CO[Si](CCCC1(CCC2CCC3OC3C2)COC1C)(OC)OC. The molecular formula is C18H34O5Si. The fraction of sp³-hybridized carbons (Fsp3) is 1.00. The van der Waals surface area contributed by atoms with E-state index in [-0.39, 0.29) is 0 Å². The molecule has 3 fully saturated rings. The van der Waals surface area contributed by atoms with Crippen LogP contribution in [-0.2, 0) is 22.8 Å². The number of rotatable bonds is 10. The zero-order chi connectivity index (χ0) is 17.2. The minimum Gasteiger partial charge on any atom is -0.377 e. The summed E-state index contributed by atoms with van der Waals surface area (Å²) in [5.74, 6) is 0.851. The van der Waals surface area contributed by atoms with Gasteiger partial charge in [0.05, 0.1) is 24.9 Å². The molecule has 0 aromatic heterocycles. The van der Waals surface area contributed by atoms with Gasteiger partial charge >= 0.3 is 8.80 Å². The molecule has 0 N–H and O–H groups in total. The third kappa shape index (κ3) is 3.89. The average Bonchev–Trinajstić information content (AvgIpc) is 3.39. The van der Waals surface area contributed by atoms with Gasteiger partial charge in [0.1, 0.15) is 0 Å². The molecule has 2 heterocycles. The first-order chi connectivity index (χ1) is 11.6. The Balaban J connectivity index is 1.46. The Kier molecular flexibility index (Phi) is 6.05. The molecule has 2 saturated heterocycles. The lowest BCUT2D eigenvalue weighted by Gasteiger charge is -2.49. The van der Waals surface area contributed by atoms with Crippen LogP contribution in [0.25, 0.3) is 0 Å². The molecule has 0 bridgehead atoms. The summed E-state index contributed by atoms with van der Waals surface area (Å²) >= 11 is 0. The highest BCUT2D eigenvalue weighted by molar-refractivity contribution is 6.60. The molecule has 3 aliphatic rings. The molecule has 5 unspecified atom stereocenters. The summed E-state index contributed by atoms with van der Waals surface area (Å²) in [7, 11) is 2.64. The van der Waals surface area contributed by atoms with Gasteiger partial charge in [-0.05, 0) is 57.8 Å². The molecule has 24 heavy (non-hydrogen) atoms. The van der Waals surface area contributed by atoms with Crippen LogP contribution in [-0.4, -0.2) is 55.1 Å². The first kappa shape index (κ1) is 18.8. The van der Waals surface area contributed by atoms with Crippen LogP contribution in [0.15, 0.2) is 0 Å². The van der Waals surface area contributed by atoms with Gasteiger partial charge in [-0.2, -0.15) is 0 Å². The summed E-state index contributed by atoms with van der Waals surface area (Å²) < 4.78 is 28.1. The second-order valence-electron chi connectivity index (χ2n) is 7.90. The van der Waals surface area contributed by atoms with Gasteiger partial charge < -0.3 is 22.8 Å². The standard InChI is InChI=1S/C18H34O5Si/c1-14-18(13-22-14,9-5-11-24(19-2,20-3)21-4)10-8-15-6-7-16-17(12-15)23-16/h14-17H,5-13H2,1-4H3. The molecule has 0 aromatic carbocycles. The summed E-state index contributed by atoms with van der Waals surface area (Å²) in [4.78, 5) is 0. The molecule has 5 atom stereocenters. The molecule has 5 nitrogen and oxygen atoms in total. The lowest BCUT2D eigenvalue weighted by Crippen LogP contribution is -2.51. The predicted octanol–water partition coefficient (Wildman–Crippen LogP) is 3.40. The van der Waals surface area contributed by atoms with E-state index in [0.717, 1.165) is 25.0 Å². The van der Waals surface area contributed by atoms with Gasteiger partial charge in [0.2, 0.25) is 0 Å². The molecule has 1 saturated carbocycles. The predicted molar refractivity (Wildman–Crippen MR) is 93.9 cm³/mol. The highest BCUT2D eigenvalue weighted by atomic mass is 28.4. The number of fused-ring (bicyclic) bond motifs is 1. The highest BCUT2D eigenvalue weighted by Gasteiger charge is 2.48. The topological polar surface area (TPSA) is 49.5 Å². The van der Waals surface area contributed by atoms with Crippen LogP contribution in [0, 0.1) is 11.3 Å². The average molecular weight is 359 g/mol. The van der Waals surface area contributed by atoms with Gasteiger partial charge in [0.15, 0.2) is 0 Å². The maximum Gasteiger partial charge on any atom is 0.500 e. The van der Waals surface area contributed by atoms with E-state index in [9.17, 15) is 0 Å². The van der Waals surface area contributed by atoms with Gasteiger partial charge in [-0.3, -0.25) is 0 Å². The maximum absolute atomic E-state index is 5.77. The Morgan fingerprint density at radius 1 is 1.04 bits per heavy atom. The summed E-state index contributed by atoms with van der Waals surface area (Å²) in [5.41, 5.74) is 0.344. The van der Waals surface area contributed by atoms with Crippen molar-refractivity contribution in [1.29, 1.82) is 0 Å². The Morgan fingerprint density at radius 3 is 2.33 bits per heavy atom. The fourth-order valence-corrected chi connectivity index (χ4v) is 6.34. The van der Waals surface area contributed by atoms with Crippen LogP contribution in [0.5, 0.6) is 0 Å². The van der Waals surface area contributed by atoms with E-state index in [1.165, 1.54) is 38.5 Å². The van der Waals surface area contributed by atoms with Gasteiger partial charge in [-0.1, -0.05) is 0 Å². The molecular weight excluding hydrogens is 324 g/mol. The van der Waals surface area contributed by atoms with Crippen LogP contribution in [0.1, 0.15) is 51.9 Å². The van der Waals surface area contributed by atoms with E-state index in [2.05, 4.69) is 6.92 Å². The lowest BCUT2D eigenvalue weighted by molar-refractivity contribution is -0.187. The van der Waals surface area contributed by atoms with Crippen LogP contribution >= 0.6 is 0 Å². The molecule has 2 aliphatic heterocycles. The minimum atomic E-state index is -2.44. The van der Waals surface area contributed by atoms with Crippen LogP contribution < -0.4 is 0 Å². The minimum absolute atomic E-state index is 0.344. The normalized spacial score (nSPS) is 38.5. The molecule has 0 radical (unpaired) electrons. The van der Waals surface area contributed by atoms with E-state index in [4.69, 9.17) is 22.8 Å². The van der Waals surface area contributed by atoms with Crippen molar-refractivity contribution < 1.29 is 22.8 Å². The molecule has 140 valence electrons. The van der Waals surface area contributed by atoms with Crippen molar-refractivity contribution in [3.05, 3.63) is 0 Å². The van der Waals surface area contributed by atoms with E-state index >= 15 is 0 Å². The van der Waals surface area contributed by atoms with Crippen LogP contribution in [0.3, 0.4) is 0 Å². The maximum atomic E-state index is 5.77. The van der Waals surface area contributed by atoms with E-state index in [1.54, 1.807) is 21.3 Å². The van der Waals surface area contributed by atoms with Crippen molar-refractivity contribution in [2.45, 2.75) is 76.2 Å². The van der Waals surface area contributed by atoms with Crippen molar-refractivity contribution in [3.8, 4) is 0 Å². The van der Waals surface area contributed by atoms with Crippen molar-refractivity contribution in [2.24, 2.45) is 11.3 Å². The first-order valence-electron chi connectivity index (χ1n) is 9.49. The second-order valence-corrected chi connectivity index (χ2v) is 11.0. The number of epoxide rings is 1. The van der Waals surface area contributed by atoms with Crippen molar-refractivity contribution >= 4 is 8.80 Å². The summed E-state index contributed by atoms with van der Waals surface area (Å²) in [6.45, 7) is 3.14. The monoisotopic (exact) mass is 358 g/mol. The van der Waals surface area contributed by atoms with Crippen molar-refractivity contribution in [1.82, 2.24) is 0 Å². The van der Waals surface area contributed by atoms with E-state index in [1.807, 2.05) is 0 Å². The number of hydrogen-bond acceptors (Lipinski definition) is 5. The Bertz CT molecular complexity index is 408. The Hall–Kier alpha value is 0.0169. The zero-order valence-electron chi connectivity index (χ0n) is 15.7. The quantitative estimate of drug-likeness (QED) is 0.442. The molecule has 0 aromatic rings. The first-order valence-corrected chi connectivity index (χ1v) is 11.4. The summed E-state index contributed by atoms with van der Waals surface area (Å²) in [5, 5.41) is 0. The second kappa shape index (κ2) is 7.72. The molecule has 6 heteroatoms. The van der Waals surface area contributed by atoms with Gasteiger partial charge in [0, 0.05) is 32.8 Å². The van der Waals surface area contributed by atoms with Crippen LogP contribution in [0.2, 0.25) is 6.04 Å². The number of ether oxygens (including phenoxy) is 2. The van der Waals surface area contributed by atoms with Crippen molar-refractivity contribution in [2.75, 3.05) is 27.9 Å². The summed E-state index contributed by atoms with van der Waals surface area (Å²) in [6.07, 6.45) is 10.3. The molecule has 1 aliphatic carbocycles. The lowest BCUT2D eigenvalue weighted by atomic mass is 9.69. The van der Waals surface area contributed by atoms with Gasteiger partial charge in [-0.15, -0.1) is 0 Å². The fourth-order valence-electron chi connectivity index (χ4n) is 4.62. The molecule has 0 amide bonds. The van der Waals surface area contributed by atoms with Crippen molar-refractivity contribution in [3.63, 3.8) is 0 Å². The van der Waals surface area contributed by atoms with Crippen LogP contribution in [0.4, 0.5) is 0 Å². The molecule has 0 spiro atoms. The molecule has 3 rings (SSSR count). The highest BCUT2D eigenvalue weighted by Crippen LogP contribution is 2.47. The smallest absolute Gasteiger partial charge is 0.377 e. The van der Waals surface area contributed by atoms with Gasteiger partial charge in [-0.25, -0.2) is 0 Å². The van der Waals surface area contributed by atoms with E-state index < -0.39 is 8.80 Å².